The Labute approximate surface area is 158 Å². The van der Waals surface area contributed by atoms with Crippen LogP contribution in [0.3, 0.4) is 0 Å². The summed E-state index contributed by atoms with van der Waals surface area (Å²) in [6.45, 7) is 1.32. The molecule has 0 N–H and O–H groups in total. The molecule has 0 saturated carbocycles. The van der Waals surface area contributed by atoms with E-state index in [1.54, 1.807) is 0 Å². The molecule has 30 heavy (non-hydrogen) atoms. The van der Waals surface area contributed by atoms with Gasteiger partial charge in [-0.2, -0.15) is 69.7 Å². The van der Waals surface area contributed by atoms with E-state index >= 15 is 0 Å². The van der Waals surface area contributed by atoms with Crippen LogP contribution < -0.4 is 0 Å². The van der Waals surface area contributed by atoms with Crippen molar-refractivity contribution in [2.45, 2.75) is 47.8 Å². The molecule has 0 heterocycles. The second-order valence-corrected chi connectivity index (χ2v) is 7.21. The van der Waals surface area contributed by atoms with Crippen molar-refractivity contribution in [1.29, 1.82) is 0 Å². The van der Waals surface area contributed by atoms with Crippen molar-refractivity contribution in [2.24, 2.45) is 0 Å². The lowest BCUT2D eigenvalue weighted by Gasteiger charge is -2.38. The highest BCUT2D eigenvalue weighted by Gasteiger charge is 2.91. The van der Waals surface area contributed by atoms with E-state index in [0.717, 1.165) is 12.1 Å². The van der Waals surface area contributed by atoms with Crippen LogP contribution in [0.25, 0.3) is 0 Å². The van der Waals surface area contributed by atoms with Gasteiger partial charge in [-0.25, -0.2) is 0 Å². The summed E-state index contributed by atoms with van der Waals surface area (Å²) in [5.41, 5.74) is 0.270. The minimum atomic E-state index is -8.15. The van der Waals surface area contributed by atoms with Crippen molar-refractivity contribution in [2.75, 3.05) is 0 Å². The van der Waals surface area contributed by atoms with E-state index in [2.05, 4.69) is 4.18 Å². The molecule has 0 unspecified atom stereocenters. The van der Waals surface area contributed by atoms with Gasteiger partial charge in [0.1, 0.15) is 0 Å². The fraction of sp³-hybridized carbons (Fsp3) is 0.538. The Morgan fingerprint density at radius 1 is 0.633 bits per heavy atom. The molecule has 1 aromatic carbocycles. The summed E-state index contributed by atoms with van der Waals surface area (Å²) in [5, 5.41) is 0. The average molecular weight is 490 g/mol. The highest BCUT2D eigenvalue weighted by atomic mass is 32.2. The third kappa shape index (κ3) is 3.92. The van der Waals surface area contributed by atoms with E-state index in [1.807, 2.05) is 0 Å². The Balaban J connectivity index is 3.47. The smallest absolute Gasteiger partial charge is 0.194 e. The molecule has 1 aromatic rings. The first-order valence-corrected chi connectivity index (χ1v) is 8.34. The van der Waals surface area contributed by atoms with Crippen LogP contribution in [0.1, 0.15) is 5.56 Å². The zero-order chi connectivity index (χ0) is 24.2. The lowest BCUT2D eigenvalue weighted by molar-refractivity contribution is -0.456. The van der Waals surface area contributed by atoms with Crippen molar-refractivity contribution in [3.63, 3.8) is 0 Å². The van der Waals surface area contributed by atoms with Gasteiger partial charge in [0.25, 0.3) is 0 Å². The maximum Gasteiger partial charge on any atom is 0.460 e. The Morgan fingerprint density at radius 2 is 1.00 bits per heavy atom. The number of alkyl halides is 13. The number of aryl methyl sites for hydroxylation is 1. The maximum absolute atomic E-state index is 13.5. The third-order valence-electron chi connectivity index (χ3n) is 3.43. The summed E-state index contributed by atoms with van der Waals surface area (Å²) < 4.78 is 193. The first-order chi connectivity index (χ1) is 13.0. The van der Waals surface area contributed by atoms with Crippen LogP contribution in [0.4, 0.5) is 57.1 Å². The van der Waals surface area contributed by atoms with Gasteiger partial charge in [0.05, 0.1) is 4.90 Å². The molecule has 0 bridgehead atoms. The second-order valence-electron chi connectivity index (χ2n) is 5.66. The average Bonchev–Trinajstić information content (AvgIpc) is 2.52. The molecule has 0 spiro atoms. The highest BCUT2D eigenvalue weighted by molar-refractivity contribution is 7.86. The van der Waals surface area contributed by atoms with Crippen LogP contribution in [-0.2, 0) is 14.3 Å². The van der Waals surface area contributed by atoms with Gasteiger partial charge in [0, 0.05) is 0 Å². The molecular formula is C13H7F13O3S. The molecule has 0 aromatic heterocycles. The lowest BCUT2D eigenvalue weighted by Crippen LogP contribution is -2.70. The molecule has 0 aliphatic carbocycles. The Morgan fingerprint density at radius 3 is 1.37 bits per heavy atom. The van der Waals surface area contributed by atoms with E-state index in [4.69, 9.17) is 0 Å². The number of hydrogen-bond acceptors (Lipinski definition) is 3. The highest BCUT2D eigenvalue weighted by Crippen LogP contribution is 2.60. The van der Waals surface area contributed by atoms with E-state index in [0.29, 0.717) is 12.1 Å². The molecule has 0 amide bonds. The Hall–Kier alpha value is -1.78. The van der Waals surface area contributed by atoms with Gasteiger partial charge in [-0.15, -0.1) is 0 Å². The number of rotatable bonds is 7. The topological polar surface area (TPSA) is 43.4 Å². The minimum absolute atomic E-state index is 0.270. The molecule has 0 aliphatic rings. The number of benzene rings is 1. The monoisotopic (exact) mass is 490 g/mol. The van der Waals surface area contributed by atoms with E-state index in [1.165, 1.54) is 6.92 Å². The molecule has 3 nitrogen and oxygen atoms in total. The van der Waals surface area contributed by atoms with E-state index < -0.39 is 51.0 Å². The molecule has 0 aliphatic heterocycles. The minimum Gasteiger partial charge on any atom is -0.194 e. The quantitative estimate of drug-likeness (QED) is 0.380. The molecule has 0 atom stereocenters. The Bertz CT molecular complexity index is 873. The zero-order valence-electron chi connectivity index (χ0n) is 13.9. The summed E-state index contributed by atoms with van der Waals surface area (Å²) in [5.74, 6) is -32.1. The third-order valence-corrected chi connectivity index (χ3v) is 4.71. The predicted molar refractivity (Wildman–Crippen MR) is 70.2 cm³/mol. The van der Waals surface area contributed by atoms with E-state index in [-0.39, 0.29) is 5.56 Å². The SMILES string of the molecule is Cc1ccc(S(=O)(=O)OC(F)(F)C(F)(F)C(F)(F)C(F)(F)C(F)(F)C(F)(F)F)cc1. The van der Waals surface area contributed by atoms with Crippen LogP contribution in [0.5, 0.6) is 0 Å². The molecular weight excluding hydrogens is 483 g/mol. The van der Waals surface area contributed by atoms with Crippen LogP contribution >= 0.6 is 0 Å². The Kier molecular flexibility index (Phi) is 6.24. The summed E-state index contributed by atoms with van der Waals surface area (Å²) >= 11 is 0. The molecule has 174 valence electrons. The summed E-state index contributed by atoms with van der Waals surface area (Å²) in [6.07, 6.45) is -14.8. The van der Waals surface area contributed by atoms with Crippen molar-refractivity contribution in [3.05, 3.63) is 29.8 Å². The fourth-order valence-corrected chi connectivity index (χ4v) is 2.64. The van der Waals surface area contributed by atoms with Gasteiger partial charge >= 0.3 is 46.1 Å². The van der Waals surface area contributed by atoms with Crippen LogP contribution in [0.15, 0.2) is 29.2 Å². The van der Waals surface area contributed by atoms with Gasteiger partial charge in [0.15, 0.2) is 0 Å². The summed E-state index contributed by atoms with van der Waals surface area (Å²) in [7, 11) is -6.11. The second kappa shape index (κ2) is 7.13. The van der Waals surface area contributed by atoms with Gasteiger partial charge in [-0.1, -0.05) is 17.7 Å². The number of hydrogen-bond donors (Lipinski definition) is 0. The van der Waals surface area contributed by atoms with Crippen molar-refractivity contribution in [3.8, 4) is 0 Å². The van der Waals surface area contributed by atoms with Gasteiger partial charge < -0.3 is 0 Å². The fourth-order valence-electron chi connectivity index (χ4n) is 1.70. The van der Waals surface area contributed by atoms with E-state index in [9.17, 15) is 65.5 Å². The van der Waals surface area contributed by atoms with Gasteiger partial charge in [0.2, 0.25) is 0 Å². The first kappa shape index (κ1) is 26.3. The van der Waals surface area contributed by atoms with Crippen LogP contribution in [0, 0.1) is 6.92 Å². The molecule has 0 saturated heterocycles. The van der Waals surface area contributed by atoms with Crippen LogP contribution in [0.2, 0.25) is 0 Å². The molecule has 0 fully saturated rings. The first-order valence-electron chi connectivity index (χ1n) is 6.94. The summed E-state index contributed by atoms with van der Waals surface area (Å²) in [4.78, 5) is -1.38. The normalized spacial score (nSPS) is 15.4. The molecule has 1 rings (SSSR count). The molecule has 0 radical (unpaired) electrons. The maximum atomic E-state index is 13.5. The van der Waals surface area contributed by atoms with Gasteiger partial charge in [-0.05, 0) is 19.1 Å². The largest absolute Gasteiger partial charge is 0.460 e. The van der Waals surface area contributed by atoms with Crippen LogP contribution in [-0.4, -0.2) is 44.4 Å². The van der Waals surface area contributed by atoms with Gasteiger partial charge in [-0.3, -0.25) is 0 Å². The van der Waals surface area contributed by atoms with Crippen molar-refractivity contribution in [1.82, 2.24) is 0 Å². The van der Waals surface area contributed by atoms with Crippen molar-refractivity contribution < 1.29 is 69.7 Å². The molecule has 17 heteroatoms. The predicted octanol–water partition coefficient (Wildman–Crippen LogP) is 5.40. The summed E-state index contributed by atoms with van der Waals surface area (Å²) in [6, 6.07) is 2.62. The van der Waals surface area contributed by atoms with Crippen molar-refractivity contribution >= 4 is 10.1 Å². The standard InChI is InChI=1S/C13H7F13O3S/c1-6-2-4-7(5-3-6)30(27,28)29-13(25,26)11(20,21)9(16,17)8(14,15)10(18,19)12(22,23)24/h2-5H,1H3. The zero-order valence-corrected chi connectivity index (χ0v) is 14.7. The lowest BCUT2D eigenvalue weighted by atomic mass is 9.97. The number of halogens is 13.